The van der Waals surface area contributed by atoms with Crippen molar-refractivity contribution in [1.29, 1.82) is 0 Å². The van der Waals surface area contributed by atoms with Gasteiger partial charge in [-0.05, 0) is 18.5 Å². The van der Waals surface area contributed by atoms with Crippen molar-refractivity contribution < 1.29 is 9.63 Å². The third-order valence-electron chi connectivity index (χ3n) is 1.50. The lowest BCUT2D eigenvalue weighted by Crippen LogP contribution is -2.20. The maximum atomic E-state index is 10.3. The number of hydrogen-bond donors (Lipinski definition) is 1. The molecule has 0 unspecified atom stereocenters. The van der Waals surface area contributed by atoms with Gasteiger partial charge in [0.25, 0.3) is 0 Å². The zero-order valence-electron chi connectivity index (χ0n) is 7.04. The average molecular weight is 168 g/mol. The number of nitrogens with zero attached hydrogens (tertiary/aromatic N) is 1. The minimum Gasteiger partial charge on any atom is -0.319 e. The summed E-state index contributed by atoms with van der Waals surface area (Å²) in [5.74, 6) is -0.388. The van der Waals surface area contributed by atoms with Gasteiger partial charge in [-0.2, -0.15) is 0 Å². The van der Waals surface area contributed by atoms with Gasteiger partial charge in [-0.15, -0.1) is 0 Å². The molecule has 0 amide bonds. The van der Waals surface area contributed by atoms with E-state index >= 15 is 0 Å². The highest BCUT2D eigenvalue weighted by atomic mass is 16.7. The van der Waals surface area contributed by atoms with E-state index in [0.29, 0.717) is 0 Å². The van der Waals surface area contributed by atoms with Crippen LogP contribution in [-0.2, 0) is 9.63 Å². The van der Waals surface area contributed by atoms with Crippen molar-refractivity contribution in [3.05, 3.63) is 11.6 Å². The zero-order chi connectivity index (χ0) is 8.81. The van der Waals surface area contributed by atoms with E-state index in [1.807, 2.05) is 6.08 Å². The van der Waals surface area contributed by atoms with Crippen molar-refractivity contribution in [2.75, 3.05) is 13.1 Å². The molecular weight excluding hydrogens is 156 g/mol. The first-order chi connectivity index (χ1) is 5.79. The topological polar surface area (TPSA) is 50.7 Å². The van der Waals surface area contributed by atoms with Crippen LogP contribution in [0.4, 0.5) is 0 Å². The molecule has 1 N–H and O–H groups in total. The second-order valence-electron chi connectivity index (χ2n) is 2.55. The monoisotopic (exact) mass is 168 g/mol. The Kier molecular flexibility index (Phi) is 3.47. The Morgan fingerprint density at radius 2 is 2.67 bits per heavy atom. The van der Waals surface area contributed by atoms with Gasteiger partial charge in [-0.3, -0.25) is 0 Å². The summed E-state index contributed by atoms with van der Waals surface area (Å²) in [5.41, 5.74) is 1.11. The van der Waals surface area contributed by atoms with Crippen LogP contribution in [0.3, 0.4) is 0 Å². The highest BCUT2D eigenvalue weighted by Crippen LogP contribution is 2.00. The number of nitrogens with one attached hydrogen (secondary N) is 1. The first kappa shape index (κ1) is 8.93. The molecule has 1 aliphatic rings. The van der Waals surface area contributed by atoms with Crippen LogP contribution >= 0.6 is 0 Å². The van der Waals surface area contributed by atoms with Crippen molar-refractivity contribution in [2.24, 2.45) is 5.16 Å². The smallest absolute Gasteiger partial charge is 0.319 e. The van der Waals surface area contributed by atoms with Gasteiger partial charge in [0.05, 0.1) is 6.21 Å². The molecule has 0 aromatic heterocycles. The molecule has 0 aliphatic carbocycles. The van der Waals surface area contributed by atoms with E-state index in [-0.39, 0.29) is 5.97 Å². The molecule has 0 aromatic rings. The Balaban J connectivity index is 2.33. The molecule has 66 valence electrons. The molecule has 0 spiro atoms. The standard InChI is InChI=1S/C8H12N2O2/c1-7(11)12-10-6-8-2-4-9-5-3-8/h2,6,9H,3-5H2,1H3. The predicted molar refractivity (Wildman–Crippen MR) is 45.8 cm³/mol. The highest BCUT2D eigenvalue weighted by Gasteiger charge is 1.99. The Morgan fingerprint density at radius 3 is 3.25 bits per heavy atom. The van der Waals surface area contributed by atoms with E-state index in [2.05, 4.69) is 15.3 Å². The fraction of sp³-hybridized carbons (Fsp3) is 0.500. The van der Waals surface area contributed by atoms with E-state index in [9.17, 15) is 4.79 Å². The molecule has 1 heterocycles. The zero-order valence-corrected chi connectivity index (χ0v) is 7.04. The highest BCUT2D eigenvalue weighted by molar-refractivity contribution is 5.79. The number of hydrogen-bond acceptors (Lipinski definition) is 4. The predicted octanol–water partition coefficient (Wildman–Crippen LogP) is 0.455. The van der Waals surface area contributed by atoms with Crippen LogP contribution in [0.2, 0.25) is 0 Å². The maximum absolute atomic E-state index is 10.3. The first-order valence-corrected chi connectivity index (χ1v) is 3.90. The van der Waals surface area contributed by atoms with Gasteiger partial charge in [-0.25, -0.2) is 4.79 Å². The number of carbonyl (C=O) groups is 1. The van der Waals surface area contributed by atoms with Crippen LogP contribution in [0.5, 0.6) is 0 Å². The van der Waals surface area contributed by atoms with Gasteiger partial charge in [-0.1, -0.05) is 11.2 Å². The summed E-state index contributed by atoms with van der Waals surface area (Å²) < 4.78 is 0. The summed E-state index contributed by atoms with van der Waals surface area (Å²) >= 11 is 0. The quantitative estimate of drug-likeness (QED) is 0.370. The fourth-order valence-corrected chi connectivity index (χ4v) is 0.926. The summed E-state index contributed by atoms with van der Waals surface area (Å²) in [7, 11) is 0. The summed E-state index contributed by atoms with van der Waals surface area (Å²) in [4.78, 5) is 14.7. The van der Waals surface area contributed by atoms with Gasteiger partial charge >= 0.3 is 5.97 Å². The molecule has 1 rings (SSSR count). The maximum Gasteiger partial charge on any atom is 0.331 e. The Hall–Kier alpha value is -1.16. The molecule has 0 radical (unpaired) electrons. The molecule has 0 bridgehead atoms. The van der Waals surface area contributed by atoms with Crippen LogP contribution in [0, 0.1) is 0 Å². The molecular formula is C8H12N2O2. The normalized spacial score (nSPS) is 17.6. The summed E-state index contributed by atoms with van der Waals surface area (Å²) in [6, 6.07) is 0. The van der Waals surface area contributed by atoms with Gasteiger partial charge in [0.15, 0.2) is 0 Å². The third kappa shape index (κ3) is 3.30. The van der Waals surface area contributed by atoms with Crippen LogP contribution in [0.25, 0.3) is 0 Å². The van der Waals surface area contributed by atoms with Crippen molar-refractivity contribution in [3.63, 3.8) is 0 Å². The van der Waals surface area contributed by atoms with Crippen molar-refractivity contribution in [1.82, 2.24) is 5.32 Å². The second kappa shape index (κ2) is 4.66. The number of carbonyl (C=O) groups excluding carboxylic acids is 1. The van der Waals surface area contributed by atoms with E-state index in [0.717, 1.165) is 25.1 Å². The first-order valence-electron chi connectivity index (χ1n) is 3.90. The third-order valence-corrected chi connectivity index (χ3v) is 1.50. The Labute approximate surface area is 71.3 Å². The molecule has 0 fully saturated rings. The van der Waals surface area contributed by atoms with Crippen molar-refractivity contribution in [2.45, 2.75) is 13.3 Å². The van der Waals surface area contributed by atoms with E-state index in [1.165, 1.54) is 6.92 Å². The molecule has 4 nitrogen and oxygen atoms in total. The Bertz CT molecular complexity index is 221. The van der Waals surface area contributed by atoms with Gasteiger partial charge < -0.3 is 10.2 Å². The van der Waals surface area contributed by atoms with Gasteiger partial charge in [0, 0.05) is 13.5 Å². The van der Waals surface area contributed by atoms with Crippen LogP contribution in [0.15, 0.2) is 16.8 Å². The average Bonchev–Trinajstić information content (AvgIpc) is 2.05. The molecule has 1 aliphatic heterocycles. The molecule has 12 heavy (non-hydrogen) atoms. The molecule has 0 atom stereocenters. The lowest BCUT2D eigenvalue weighted by Gasteiger charge is -2.08. The fourth-order valence-electron chi connectivity index (χ4n) is 0.926. The van der Waals surface area contributed by atoms with Crippen LogP contribution in [-0.4, -0.2) is 25.3 Å². The van der Waals surface area contributed by atoms with Gasteiger partial charge in [0.1, 0.15) is 0 Å². The lowest BCUT2D eigenvalue weighted by atomic mass is 10.1. The largest absolute Gasteiger partial charge is 0.331 e. The molecule has 0 saturated carbocycles. The molecule has 0 aromatic carbocycles. The van der Waals surface area contributed by atoms with Crippen molar-refractivity contribution >= 4 is 12.2 Å². The number of oxime groups is 1. The van der Waals surface area contributed by atoms with Crippen LogP contribution in [0.1, 0.15) is 13.3 Å². The summed E-state index contributed by atoms with van der Waals surface area (Å²) in [6.07, 6.45) is 4.55. The van der Waals surface area contributed by atoms with E-state index in [4.69, 9.17) is 0 Å². The summed E-state index contributed by atoms with van der Waals surface area (Å²) in [6.45, 7) is 3.15. The van der Waals surface area contributed by atoms with E-state index in [1.54, 1.807) is 6.21 Å². The minimum atomic E-state index is -0.388. The lowest BCUT2D eigenvalue weighted by molar-refractivity contribution is -0.140. The number of rotatable bonds is 2. The Morgan fingerprint density at radius 1 is 1.83 bits per heavy atom. The summed E-state index contributed by atoms with van der Waals surface area (Å²) in [5, 5.41) is 6.69. The van der Waals surface area contributed by atoms with Crippen LogP contribution < -0.4 is 5.32 Å². The van der Waals surface area contributed by atoms with Crippen molar-refractivity contribution in [3.8, 4) is 0 Å². The molecule has 0 saturated heterocycles. The SMILES string of the molecule is CC(=O)ON=CC1=CCNCC1. The second-order valence-corrected chi connectivity index (χ2v) is 2.55. The van der Waals surface area contributed by atoms with Gasteiger partial charge in [0.2, 0.25) is 0 Å². The molecule has 4 heteroatoms. The minimum absolute atomic E-state index is 0.388. The van der Waals surface area contributed by atoms with E-state index < -0.39 is 0 Å².